The second-order valence-corrected chi connectivity index (χ2v) is 2.30. The van der Waals surface area contributed by atoms with Crippen LogP contribution in [0.15, 0.2) is 0 Å². The van der Waals surface area contributed by atoms with Crippen LogP contribution in [0.5, 0.6) is 0 Å². The van der Waals surface area contributed by atoms with Crippen LogP contribution in [0.3, 0.4) is 0 Å². The molecular formula is C5H9NO3S. The monoisotopic (exact) mass is 163 g/mol. The SMILES string of the molecule is CSC(=O)ON(C)C(C)=O. The van der Waals surface area contributed by atoms with Gasteiger partial charge >= 0.3 is 5.30 Å². The lowest BCUT2D eigenvalue weighted by atomic mass is 10.7. The first-order valence-corrected chi connectivity index (χ1v) is 3.80. The van der Waals surface area contributed by atoms with E-state index in [1.54, 1.807) is 6.26 Å². The van der Waals surface area contributed by atoms with Crippen LogP contribution in [0.2, 0.25) is 0 Å². The number of hydrogen-bond donors (Lipinski definition) is 0. The van der Waals surface area contributed by atoms with Crippen molar-refractivity contribution in [2.24, 2.45) is 0 Å². The van der Waals surface area contributed by atoms with E-state index in [0.29, 0.717) is 0 Å². The van der Waals surface area contributed by atoms with Crippen molar-refractivity contribution in [2.75, 3.05) is 13.3 Å². The van der Waals surface area contributed by atoms with Crippen LogP contribution >= 0.6 is 11.8 Å². The fourth-order valence-electron chi connectivity index (χ4n) is 0.213. The molecule has 0 fully saturated rings. The van der Waals surface area contributed by atoms with E-state index in [-0.39, 0.29) is 5.91 Å². The number of hydroxylamine groups is 2. The minimum absolute atomic E-state index is 0.303. The molecule has 5 heteroatoms. The maximum atomic E-state index is 10.5. The third-order valence-electron chi connectivity index (χ3n) is 0.822. The number of nitrogens with zero attached hydrogens (tertiary/aromatic N) is 1. The Hall–Kier alpha value is -0.710. The molecule has 0 bridgehead atoms. The van der Waals surface area contributed by atoms with Crippen molar-refractivity contribution in [1.29, 1.82) is 0 Å². The van der Waals surface area contributed by atoms with Gasteiger partial charge in [0.05, 0.1) is 0 Å². The lowest BCUT2D eigenvalue weighted by Crippen LogP contribution is -2.25. The summed E-state index contributed by atoms with van der Waals surface area (Å²) in [5.41, 5.74) is 0. The number of thioether (sulfide) groups is 1. The fourth-order valence-corrected chi connectivity index (χ4v) is 0.400. The van der Waals surface area contributed by atoms with Gasteiger partial charge < -0.3 is 4.84 Å². The Morgan fingerprint density at radius 1 is 1.50 bits per heavy atom. The fraction of sp³-hybridized carbons (Fsp3) is 0.600. The van der Waals surface area contributed by atoms with Crippen LogP contribution in [0, 0.1) is 0 Å². The zero-order valence-corrected chi connectivity index (χ0v) is 6.90. The number of hydrogen-bond acceptors (Lipinski definition) is 4. The number of carbonyl (C=O) groups is 2. The molecule has 0 aliphatic carbocycles. The van der Waals surface area contributed by atoms with E-state index in [0.717, 1.165) is 16.8 Å². The van der Waals surface area contributed by atoms with Crippen LogP contribution in [0.4, 0.5) is 4.79 Å². The third-order valence-corrected chi connectivity index (χ3v) is 1.23. The molecule has 1 amide bonds. The van der Waals surface area contributed by atoms with E-state index in [1.165, 1.54) is 14.0 Å². The highest BCUT2D eigenvalue weighted by Crippen LogP contribution is 2.00. The molecule has 4 nitrogen and oxygen atoms in total. The summed E-state index contributed by atoms with van der Waals surface area (Å²) in [6, 6.07) is 0. The number of amides is 1. The molecule has 0 rings (SSSR count). The highest BCUT2D eigenvalue weighted by atomic mass is 32.2. The summed E-state index contributed by atoms with van der Waals surface area (Å²) in [5.74, 6) is -0.303. The quantitative estimate of drug-likeness (QED) is 0.497. The van der Waals surface area contributed by atoms with Gasteiger partial charge in [0.2, 0.25) is 0 Å². The molecule has 0 aliphatic rings. The molecule has 0 aliphatic heterocycles. The van der Waals surface area contributed by atoms with Crippen molar-refractivity contribution in [3.8, 4) is 0 Å². The zero-order chi connectivity index (χ0) is 8.15. The molecule has 0 spiro atoms. The Balaban J connectivity index is 3.68. The molecule has 0 unspecified atom stereocenters. The molecule has 0 saturated heterocycles. The van der Waals surface area contributed by atoms with Crippen LogP contribution in [0.25, 0.3) is 0 Å². The Labute approximate surface area is 63.5 Å². The first kappa shape index (κ1) is 9.29. The van der Waals surface area contributed by atoms with Gasteiger partial charge in [0, 0.05) is 14.0 Å². The Bertz CT molecular complexity index is 148. The van der Waals surface area contributed by atoms with Crippen LogP contribution in [-0.2, 0) is 9.63 Å². The maximum absolute atomic E-state index is 10.5. The van der Waals surface area contributed by atoms with E-state index >= 15 is 0 Å². The van der Waals surface area contributed by atoms with Gasteiger partial charge in [0.25, 0.3) is 5.91 Å². The molecule has 58 valence electrons. The predicted octanol–water partition coefficient (Wildman–Crippen LogP) is 0.879. The predicted molar refractivity (Wildman–Crippen MR) is 38.4 cm³/mol. The molecular weight excluding hydrogens is 154 g/mol. The van der Waals surface area contributed by atoms with Crippen molar-refractivity contribution >= 4 is 23.0 Å². The van der Waals surface area contributed by atoms with Gasteiger partial charge in [-0.1, -0.05) is 0 Å². The molecule has 0 aromatic rings. The van der Waals surface area contributed by atoms with Crippen molar-refractivity contribution in [3.63, 3.8) is 0 Å². The standard InChI is InChI=1S/C5H9NO3S/c1-4(7)6(2)9-5(8)10-3/h1-3H3. The van der Waals surface area contributed by atoms with E-state index in [4.69, 9.17) is 0 Å². The maximum Gasteiger partial charge on any atom is 0.391 e. The van der Waals surface area contributed by atoms with Gasteiger partial charge in [-0.25, -0.2) is 4.79 Å². The van der Waals surface area contributed by atoms with E-state index in [1.807, 2.05) is 0 Å². The molecule has 0 aromatic carbocycles. The molecule has 0 radical (unpaired) electrons. The molecule has 0 atom stereocenters. The van der Waals surface area contributed by atoms with Gasteiger partial charge in [-0.3, -0.25) is 4.79 Å². The van der Waals surface area contributed by atoms with Crippen molar-refractivity contribution in [2.45, 2.75) is 6.92 Å². The summed E-state index contributed by atoms with van der Waals surface area (Å²) < 4.78 is 0. The second-order valence-electron chi connectivity index (χ2n) is 1.56. The van der Waals surface area contributed by atoms with Crippen LogP contribution in [-0.4, -0.2) is 29.6 Å². The Kier molecular flexibility index (Phi) is 3.87. The highest BCUT2D eigenvalue weighted by molar-refractivity contribution is 8.12. The lowest BCUT2D eigenvalue weighted by Gasteiger charge is -2.11. The van der Waals surface area contributed by atoms with Crippen LogP contribution < -0.4 is 0 Å². The van der Waals surface area contributed by atoms with Gasteiger partial charge in [-0.05, 0) is 18.0 Å². The van der Waals surface area contributed by atoms with Crippen LogP contribution in [0.1, 0.15) is 6.92 Å². The molecule has 0 heterocycles. The largest absolute Gasteiger partial charge is 0.391 e. The summed E-state index contributed by atoms with van der Waals surface area (Å²) in [6.45, 7) is 1.31. The number of carbonyl (C=O) groups excluding carboxylic acids is 2. The van der Waals surface area contributed by atoms with E-state index in [9.17, 15) is 9.59 Å². The Morgan fingerprint density at radius 2 is 2.00 bits per heavy atom. The Morgan fingerprint density at radius 3 is 2.30 bits per heavy atom. The molecule has 10 heavy (non-hydrogen) atoms. The minimum Gasteiger partial charge on any atom is -0.327 e. The second kappa shape index (κ2) is 4.16. The lowest BCUT2D eigenvalue weighted by molar-refractivity contribution is -0.154. The molecule has 0 saturated carbocycles. The van der Waals surface area contributed by atoms with Crippen molar-refractivity contribution in [3.05, 3.63) is 0 Å². The summed E-state index contributed by atoms with van der Waals surface area (Å²) in [5, 5.41) is 0.399. The van der Waals surface area contributed by atoms with Gasteiger partial charge in [-0.15, -0.1) is 0 Å². The van der Waals surface area contributed by atoms with Gasteiger partial charge in [-0.2, -0.15) is 5.06 Å². The normalized spacial score (nSPS) is 8.70. The zero-order valence-electron chi connectivity index (χ0n) is 6.08. The molecule has 0 aromatic heterocycles. The third kappa shape index (κ3) is 3.34. The average molecular weight is 163 g/mol. The molecule has 0 N–H and O–H groups in total. The first-order valence-electron chi connectivity index (χ1n) is 2.58. The smallest absolute Gasteiger partial charge is 0.327 e. The summed E-state index contributed by atoms with van der Waals surface area (Å²) in [4.78, 5) is 25.4. The summed E-state index contributed by atoms with van der Waals surface area (Å²) in [7, 11) is 1.39. The van der Waals surface area contributed by atoms with Gasteiger partial charge in [0.15, 0.2) is 0 Å². The van der Waals surface area contributed by atoms with Crippen molar-refractivity contribution in [1.82, 2.24) is 5.06 Å². The highest BCUT2D eigenvalue weighted by Gasteiger charge is 2.07. The average Bonchev–Trinajstić information content (AvgIpc) is 1.87. The van der Waals surface area contributed by atoms with E-state index < -0.39 is 5.30 Å². The van der Waals surface area contributed by atoms with Gasteiger partial charge in [0.1, 0.15) is 0 Å². The first-order chi connectivity index (χ1) is 4.57. The summed E-state index contributed by atoms with van der Waals surface area (Å²) >= 11 is 0.916. The topological polar surface area (TPSA) is 46.6 Å². The number of rotatable bonds is 0. The van der Waals surface area contributed by atoms with Crippen molar-refractivity contribution < 1.29 is 14.4 Å². The van der Waals surface area contributed by atoms with E-state index in [2.05, 4.69) is 4.84 Å². The summed E-state index contributed by atoms with van der Waals surface area (Å²) in [6.07, 6.45) is 1.58. The minimum atomic E-state index is -0.488.